The SMILES string of the molecule is Cc1ccc([N+](=O)[O-])c(NC(=O)C2CCCCC2CN)c1. The van der Waals surface area contributed by atoms with E-state index in [1.807, 2.05) is 6.92 Å². The molecule has 2 atom stereocenters. The van der Waals surface area contributed by atoms with E-state index in [1.165, 1.54) is 6.07 Å². The van der Waals surface area contributed by atoms with E-state index < -0.39 is 4.92 Å². The van der Waals surface area contributed by atoms with Crippen LogP contribution >= 0.6 is 0 Å². The summed E-state index contributed by atoms with van der Waals surface area (Å²) in [4.78, 5) is 23.0. The number of aryl methyl sites for hydroxylation is 1. The quantitative estimate of drug-likeness (QED) is 0.658. The summed E-state index contributed by atoms with van der Waals surface area (Å²) >= 11 is 0. The lowest BCUT2D eigenvalue weighted by Gasteiger charge is -2.29. The Balaban J connectivity index is 2.18. The van der Waals surface area contributed by atoms with Crippen LogP contribution in [0.5, 0.6) is 0 Å². The van der Waals surface area contributed by atoms with Crippen molar-refractivity contribution in [2.24, 2.45) is 17.6 Å². The molecule has 1 fully saturated rings. The van der Waals surface area contributed by atoms with Crippen molar-refractivity contribution in [3.8, 4) is 0 Å². The minimum Gasteiger partial charge on any atom is -0.330 e. The van der Waals surface area contributed by atoms with E-state index in [1.54, 1.807) is 12.1 Å². The number of nitro benzene ring substituents is 1. The lowest BCUT2D eigenvalue weighted by Crippen LogP contribution is -2.35. The van der Waals surface area contributed by atoms with E-state index in [0.717, 1.165) is 31.2 Å². The van der Waals surface area contributed by atoms with Crippen LogP contribution in [-0.4, -0.2) is 17.4 Å². The highest BCUT2D eigenvalue weighted by Crippen LogP contribution is 2.32. The third-order valence-electron chi connectivity index (χ3n) is 4.16. The second-order valence-electron chi connectivity index (χ2n) is 5.65. The average molecular weight is 291 g/mol. The standard InChI is InChI=1S/C15H21N3O3/c1-10-6-7-14(18(20)21)13(8-10)17-15(19)12-5-3-2-4-11(12)9-16/h6-8,11-12H,2-5,9,16H2,1H3,(H,17,19). The molecule has 1 aliphatic carbocycles. The van der Waals surface area contributed by atoms with Gasteiger partial charge in [0, 0.05) is 12.0 Å². The first-order valence-electron chi connectivity index (χ1n) is 7.29. The Labute approximate surface area is 123 Å². The number of nitrogens with one attached hydrogen (secondary N) is 1. The minimum atomic E-state index is -0.476. The molecule has 1 aromatic rings. The molecule has 0 aliphatic heterocycles. The van der Waals surface area contributed by atoms with Crippen molar-refractivity contribution in [3.05, 3.63) is 33.9 Å². The van der Waals surface area contributed by atoms with Crippen LogP contribution in [-0.2, 0) is 4.79 Å². The van der Waals surface area contributed by atoms with Crippen molar-refractivity contribution in [2.45, 2.75) is 32.6 Å². The molecule has 0 spiro atoms. The largest absolute Gasteiger partial charge is 0.330 e. The second kappa shape index (κ2) is 6.67. The molecule has 2 rings (SSSR count). The molecule has 1 aromatic carbocycles. The van der Waals surface area contributed by atoms with E-state index in [0.29, 0.717) is 6.54 Å². The number of hydrogen-bond acceptors (Lipinski definition) is 4. The molecule has 0 saturated heterocycles. The maximum atomic E-state index is 12.4. The molecule has 6 heteroatoms. The van der Waals surface area contributed by atoms with E-state index in [4.69, 9.17) is 5.73 Å². The summed E-state index contributed by atoms with van der Waals surface area (Å²) in [6.07, 6.45) is 3.85. The van der Waals surface area contributed by atoms with Gasteiger partial charge in [-0.15, -0.1) is 0 Å². The summed E-state index contributed by atoms with van der Waals surface area (Å²) in [7, 11) is 0. The molecule has 0 bridgehead atoms. The number of nitrogens with two attached hydrogens (primary N) is 1. The first-order valence-corrected chi connectivity index (χ1v) is 7.29. The van der Waals surface area contributed by atoms with Gasteiger partial charge in [0.2, 0.25) is 5.91 Å². The molecule has 0 heterocycles. The van der Waals surface area contributed by atoms with Gasteiger partial charge in [-0.1, -0.05) is 18.9 Å². The van der Waals surface area contributed by atoms with E-state index in [-0.39, 0.29) is 29.1 Å². The van der Waals surface area contributed by atoms with Gasteiger partial charge >= 0.3 is 0 Å². The molecule has 3 N–H and O–H groups in total. The topological polar surface area (TPSA) is 98.3 Å². The van der Waals surface area contributed by atoms with Crippen LogP contribution in [0.25, 0.3) is 0 Å². The van der Waals surface area contributed by atoms with Gasteiger partial charge in [0.1, 0.15) is 5.69 Å². The zero-order valence-electron chi connectivity index (χ0n) is 12.2. The summed E-state index contributed by atoms with van der Waals surface area (Å²) in [6, 6.07) is 4.72. The number of nitro groups is 1. The molecule has 1 aliphatic rings. The van der Waals surface area contributed by atoms with Crippen LogP contribution in [0.3, 0.4) is 0 Å². The predicted molar refractivity (Wildman–Crippen MR) is 81.0 cm³/mol. The molecule has 114 valence electrons. The van der Waals surface area contributed by atoms with Gasteiger partial charge in [0.05, 0.1) is 4.92 Å². The smallest absolute Gasteiger partial charge is 0.292 e. The third kappa shape index (κ3) is 3.58. The highest BCUT2D eigenvalue weighted by molar-refractivity contribution is 5.95. The maximum absolute atomic E-state index is 12.4. The monoisotopic (exact) mass is 291 g/mol. The normalized spacial score (nSPS) is 21.8. The molecule has 6 nitrogen and oxygen atoms in total. The van der Waals surface area contributed by atoms with Gasteiger partial charge in [-0.2, -0.15) is 0 Å². The Morgan fingerprint density at radius 3 is 2.81 bits per heavy atom. The van der Waals surface area contributed by atoms with Crippen molar-refractivity contribution < 1.29 is 9.72 Å². The van der Waals surface area contributed by atoms with E-state index in [9.17, 15) is 14.9 Å². The number of rotatable bonds is 4. The highest BCUT2D eigenvalue weighted by Gasteiger charge is 2.31. The van der Waals surface area contributed by atoms with E-state index in [2.05, 4.69) is 5.32 Å². The lowest BCUT2D eigenvalue weighted by molar-refractivity contribution is -0.383. The molecule has 21 heavy (non-hydrogen) atoms. The number of carbonyl (C=O) groups excluding carboxylic acids is 1. The molecule has 1 saturated carbocycles. The van der Waals surface area contributed by atoms with Gasteiger partial charge in [-0.05, 0) is 43.9 Å². The van der Waals surface area contributed by atoms with Crippen LogP contribution in [0, 0.1) is 28.9 Å². The number of amides is 1. The fourth-order valence-corrected chi connectivity index (χ4v) is 2.97. The summed E-state index contributed by atoms with van der Waals surface area (Å²) in [5.41, 5.74) is 6.80. The zero-order chi connectivity index (χ0) is 15.4. The van der Waals surface area contributed by atoms with Crippen molar-refractivity contribution in [1.29, 1.82) is 0 Å². The Hall–Kier alpha value is -1.95. The Morgan fingerprint density at radius 1 is 1.43 bits per heavy atom. The number of hydrogen-bond donors (Lipinski definition) is 2. The Morgan fingerprint density at radius 2 is 2.14 bits per heavy atom. The van der Waals surface area contributed by atoms with Crippen LogP contribution in [0.1, 0.15) is 31.2 Å². The summed E-state index contributed by atoms with van der Waals surface area (Å²) in [5.74, 6) is -0.134. The summed E-state index contributed by atoms with van der Waals surface area (Å²) in [6.45, 7) is 2.32. The van der Waals surface area contributed by atoms with Gasteiger partial charge < -0.3 is 11.1 Å². The molecular formula is C15H21N3O3. The van der Waals surface area contributed by atoms with Crippen LogP contribution < -0.4 is 11.1 Å². The van der Waals surface area contributed by atoms with Crippen molar-refractivity contribution in [3.63, 3.8) is 0 Å². The van der Waals surface area contributed by atoms with Gasteiger partial charge in [0.25, 0.3) is 5.69 Å². The lowest BCUT2D eigenvalue weighted by atomic mass is 9.78. The predicted octanol–water partition coefficient (Wildman–Crippen LogP) is 2.61. The van der Waals surface area contributed by atoms with E-state index >= 15 is 0 Å². The Kier molecular flexibility index (Phi) is 4.90. The van der Waals surface area contributed by atoms with Crippen LogP contribution in [0.2, 0.25) is 0 Å². The van der Waals surface area contributed by atoms with Crippen LogP contribution in [0.15, 0.2) is 18.2 Å². The summed E-state index contributed by atoms with van der Waals surface area (Å²) in [5, 5.41) is 13.8. The number of nitrogens with zero attached hydrogens (tertiary/aromatic N) is 1. The minimum absolute atomic E-state index is 0.0749. The fourth-order valence-electron chi connectivity index (χ4n) is 2.97. The Bertz CT molecular complexity index is 545. The molecule has 0 radical (unpaired) electrons. The summed E-state index contributed by atoms with van der Waals surface area (Å²) < 4.78 is 0. The molecule has 2 unspecified atom stereocenters. The van der Waals surface area contributed by atoms with Gasteiger partial charge in [-0.3, -0.25) is 14.9 Å². The second-order valence-corrected chi connectivity index (χ2v) is 5.65. The highest BCUT2D eigenvalue weighted by atomic mass is 16.6. The fraction of sp³-hybridized carbons (Fsp3) is 0.533. The van der Waals surface area contributed by atoms with Gasteiger partial charge in [-0.25, -0.2) is 0 Å². The number of benzene rings is 1. The molecular weight excluding hydrogens is 270 g/mol. The number of anilines is 1. The van der Waals surface area contributed by atoms with Crippen molar-refractivity contribution in [2.75, 3.05) is 11.9 Å². The van der Waals surface area contributed by atoms with Crippen molar-refractivity contribution in [1.82, 2.24) is 0 Å². The third-order valence-corrected chi connectivity index (χ3v) is 4.16. The average Bonchev–Trinajstić information content (AvgIpc) is 2.46. The van der Waals surface area contributed by atoms with Crippen LogP contribution in [0.4, 0.5) is 11.4 Å². The zero-order valence-corrected chi connectivity index (χ0v) is 12.2. The number of carbonyl (C=O) groups is 1. The molecule has 0 aromatic heterocycles. The van der Waals surface area contributed by atoms with Crippen molar-refractivity contribution >= 4 is 17.3 Å². The van der Waals surface area contributed by atoms with Gasteiger partial charge in [0.15, 0.2) is 0 Å². The maximum Gasteiger partial charge on any atom is 0.292 e. The first-order chi connectivity index (χ1) is 10.0. The molecule has 1 amide bonds. The first kappa shape index (κ1) is 15.4.